The van der Waals surface area contributed by atoms with Gasteiger partial charge in [0.25, 0.3) is 0 Å². The third-order valence-electron chi connectivity index (χ3n) is 2.56. The van der Waals surface area contributed by atoms with Crippen LogP contribution in [-0.4, -0.2) is 11.9 Å². The number of carbonyl (C=O) groups excluding carboxylic acids is 2. The molecule has 0 fully saturated rings. The van der Waals surface area contributed by atoms with E-state index < -0.39 is 17.6 Å². The summed E-state index contributed by atoms with van der Waals surface area (Å²) in [6, 6.07) is 4.26. The number of benzene rings is 1. The average Bonchev–Trinajstić information content (AvgIpc) is 2.39. The fourth-order valence-corrected chi connectivity index (χ4v) is 2.06. The Morgan fingerprint density at radius 3 is 2.43 bits per heavy atom. The van der Waals surface area contributed by atoms with Gasteiger partial charge in [-0.05, 0) is 17.7 Å². The molecule has 2 rings (SSSR count). The number of carbonyl (C=O) groups is 2. The molecule has 6 nitrogen and oxygen atoms in total. The molecule has 1 heterocycles. The predicted molar refractivity (Wildman–Crippen MR) is 74.7 cm³/mol. The summed E-state index contributed by atoms with van der Waals surface area (Å²) < 4.78 is 15.1. The minimum Gasteiger partial charge on any atom is -0.423 e. The van der Waals surface area contributed by atoms with E-state index >= 15 is 0 Å². The van der Waals surface area contributed by atoms with Crippen LogP contribution in [0, 0.1) is 0 Å². The largest absolute Gasteiger partial charge is 0.423 e. The molecule has 1 aromatic carbocycles. The lowest BCUT2D eigenvalue weighted by Crippen LogP contribution is -2.09. The van der Waals surface area contributed by atoms with Crippen LogP contribution in [0.2, 0.25) is 0 Å². The quantitative estimate of drug-likeness (QED) is 0.374. The van der Waals surface area contributed by atoms with Gasteiger partial charge in [0, 0.05) is 31.2 Å². The molecule has 0 aliphatic rings. The second-order valence-corrected chi connectivity index (χ2v) is 4.45. The normalized spacial score (nSPS) is 10.4. The Morgan fingerprint density at radius 1 is 1.19 bits per heavy atom. The first-order valence-electron chi connectivity index (χ1n) is 5.95. The lowest BCUT2D eigenvalue weighted by molar-refractivity contribution is -0.134. The number of esters is 2. The number of halogens is 1. The van der Waals surface area contributed by atoms with E-state index in [9.17, 15) is 14.4 Å². The molecule has 0 amide bonds. The van der Waals surface area contributed by atoms with Crippen LogP contribution in [0.15, 0.2) is 27.4 Å². The summed E-state index contributed by atoms with van der Waals surface area (Å²) in [4.78, 5) is 33.9. The molecule has 0 N–H and O–H groups in total. The van der Waals surface area contributed by atoms with Gasteiger partial charge >= 0.3 is 17.6 Å². The highest BCUT2D eigenvalue weighted by molar-refractivity contribution is 6.18. The summed E-state index contributed by atoms with van der Waals surface area (Å²) in [6.45, 7) is 2.38. The fourth-order valence-electron chi connectivity index (χ4n) is 1.84. The zero-order chi connectivity index (χ0) is 15.6. The van der Waals surface area contributed by atoms with Crippen LogP contribution in [0.5, 0.6) is 11.5 Å². The number of hydrogen-bond acceptors (Lipinski definition) is 6. The van der Waals surface area contributed by atoms with Gasteiger partial charge in [-0.1, -0.05) is 0 Å². The molecule has 0 saturated carbocycles. The van der Waals surface area contributed by atoms with Crippen LogP contribution in [0.4, 0.5) is 0 Å². The number of fused-ring (bicyclic) bond motifs is 1. The van der Waals surface area contributed by atoms with Gasteiger partial charge in [-0.3, -0.25) is 9.59 Å². The van der Waals surface area contributed by atoms with Gasteiger partial charge in [-0.25, -0.2) is 4.79 Å². The highest BCUT2D eigenvalue weighted by Crippen LogP contribution is 2.37. The Labute approximate surface area is 124 Å². The number of ether oxygens (including phenoxy) is 2. The molecule has 0 bridgehead atoms. The van der Waals surface area contributed by atoms with Crippen LogP contribution in [0.3, 0.4) is 0 Å². The molecule has 0 aliphatic heterocycles. The Balaban J connectivity index is 2.79. The molecule has 2 aromatic rings. The zero-order valence-electron chi connectivity index (χ0n) is 11.3. The summed E-state index contributed by atoms with van der Waals surface area (Å²) in [5, 5.41) is 0.497. The maximum absolute atomic E-state index is 11.6. The Kier molecular flexibility index (Phi) is 4.28. The molecule has 0 spiro atoms. The Bertz CT molecular complexity index is 777. The SMILES string of the molecule is CC(=O)Oc1ccc2c(CCl)cc(=O)oc2c1OC(C)=O. The van der Waals surface area contributed by atoms with Gasteiger partial charge in [-0.15, -0.1) is 11.6 Å². The third kappa shape index (κ3) is 3.22. The smallest absolute Gasteiger partial charge is 0.336 e. The van der Waals surface area contributed by atoms with Crippen molar-refractivity contribution >= 4 is 34.5 Å². The van der Waals surface area contributed by atoms with Crippen molar-refractivity contribution in [3.63, 3.8) is 0 Å². The Hall–Kier alpha value is -2.34. The second kappa shape index (κ2) is 5.97. The van der Waals surface area contributed by atoms with E-state index in [1.807, 2.05) is 0 Å². The summed E-state index contributed by atoms with van der Waals surface area (Å²) in [7, 11) is 0. The molecule has 0 atom stereocenters. The first-order valence-corrected chi connectivity index (χ1v) is 6.48. The maximum atomic E-state index is 11.6. The van der Waals surface area contributed by atoms with Gasteiger partial charge in [0.05, 0.1) is 0 Å². The number of rotatable bonds is 3. The molecular weight excluding hydrogens is 300 g/mol. The van der Waals surface area contributed by atoms with Gasteiger partial charge in [0.2, 0.25) is 5.75 Å². The van der Waals surface area contributed by atoms with Crippen molar-refractivity contribution in [1.29, 1.82) is 0 Å². The van der Waals surface area contributed by atoms with Gasteiger partial charge < -0.3 is 13.9 Å². The molecule has 0 unspecified atom stereocenters. The van der Waals surface area contributed by atoms with Crippen molar-refractivity contribution in [3.8, 4) is 11.5 Å². The predicted octanol–water partition coefficient (Wildman–Crippen LogP) is 2.38. The highest BCUT2D eigenvalue weighted by atomic mass is 35.5. The number of alkyl halides is 1. The zero-order valence-corrected chi connectivity index (χ0v) is 12.0. The molecule has 0 radical (unpaired) electrons. The van der Waals surface area contributed by atoms with Crippen LogP contribution < -0.4 is 15.1 Å². The molecule has 0 aliphatic carbocycles. The highest BCUT2D eigenvalue weighted by Gasteiger charge is 2.18. The van der Waals surface area contributed by atoms with Crippen molar-refractivity contribution in [2.24, 2.45) is 0 Å². The first kappa shape index (κ1) is 15.1. The molecule has 7 heteroatoms. The summed E-state index contributed by atoms with van der Waals surface area (Å²) in [5.41, 5.74) is -0.121. The lowest BCUT2D eigenvalue weighted by Gasteiger charge is -2.11. The number of hydrogen-bond donors (Lipinski definition) is 0. The molecule has 21 heavy (non-hydrogen) atoms. The third-order valence-corrected chi connectivity index (χ3v) is 2.85. The maximum Gasteiger partial charge on any atom is 0.336 e. The van der Waals surface area contributed by atoms with Crippen molar-refractivity contribution < 1.29 is 23.5 Å². The van der Waals surface area contributed by atoms with Gasteiger partial charge in [0.1, 0.15) is 0 Å². The van der Waals surface area contributed by atoms with E-state index in [-0.39, 0.29) is 23.0 Å². The van der Waals surface area contributed by atoms with Crippen molar-refractivity contribution in [2.75, 3.05) is 0 Å². The first-order chi connectivity index (χ1) is 9.92. The molecule has 110 valence electrons. The average molecular weight is 311 g/mol. The molecule has 1 aromatic heterocycles. The summed E-state index contributed by atoms with van der Waals surface area (Å²) in [5.74, 6) is -1.30. The second-order valence-electron chi connectivity index (χ2n) is 4.18. The molecule has 0 saturated heterocycles. The van der Waals surface area contributed by atoms with Crippen LogP contribution in [0.25, 0.3) is 11.0 Å². The van der Waals surface area contributed by atoms with E-state index in [4.69, 9.17) is 25.5 Å². The summed E-state index contributed by atoms with van der Waals surface area (Å²) in [6.07, 6.45) is 0. The Morgan fingerprint density at radius 2 is 1.86 bits per heavy atom. The van der Waals surface area contributed by atoms with Crippen LogP contribution >= 0.6 is 11.6 Å². The summed E-state index contributed by atoms with van der Waals surface area (Å²) >= 11 is 5.79. The van der Waals surface area contributed by atoms with Gasteiger partial charge in [0.15, 0.2) is 11.3 Å². The van der Waals surface area contributed by atoms with Gasteiger partial charge in [-0.2, -0.15) is 0 Å². The van der Waals surface area contributed by atoms with Crippen molar-refractivity contribution in [2.45, 2.75) is 19.7 Å². The minimum absolute atomic E-state index is 0.00657. The van der Waals surface area contributed by atoms with Crippen molar-refractivity contribution in [1.82, 2.24) is 0 Å². The van der Waals surface area contributed by atoms with Crippen LogP contribution in [-0.2, 0) is 15.5 Å². The molecular formula is C14H11ClO6. The fraction of sp³-hybridized carbons (Fsp3) is 0.214. The monoisotopic (exact) mass is 310 g/mol. The van der Waals surface area contributed by atoms with E-state index in [2.05, 4.69) is 0 Å². The van der Waals surface area contributed by atoms with Crippen molar-refractivity contribution in [3.05, 3.63) is 34.2 Å². The minimum atomic E-state index is -0.647. The van der Waals surface area contributed by atoms with E-state index in [1.54, 1.807) is 6.07 Å². The van der Waals surface area contributed by atoms with Crippen LogP contribution in [0.1, 0.15) is 19.4 Å². The van der Waals surface area contributed by atoms with E-state index in [1.165, 1.54) is 26.0 Å². The lowest BCUT2D eigenvalue weighted by atomic mass is 10.1. The topological polar surface area (TPSA) is 82.8 Å². The van der Waals surface area contributed by atoms with E-state index in [0.29, 0.717) is 10.9 Å². The standard InChI is InChI=1S/C14H11ClO6/c1-7(16)19-11-4-3-10-9(6-15)5-12(18)21-13(10)14(11)20-8(2)17/h3-5H,6H2,1-2H3. The van der Waals surface area contributed by atoms with E-state index in [0.717, 1.165) is 0 Å².